The molecule has 0 bridgehead atoms. The molecule has 0 aliphatic heterocycles. The molecule has 2 fully saturated rings. The van der Waals surface area contributed by atoms with Crippen LogP contribution in [0.1, 0.15) is 69.4 Å². The van der Waals surface area contributed by atoms with E-state index in [0.29, 0.717) is 24.6 Å². The summed E-state index contributed by atoms with van der Waals surface area (Å²) in [6.07, 6.45) is 8.29. The van der Waals surface area contributed by atoms with Crippen molar-refractivity contribution in [2.24, 2.45) is 5.92 Å². The summed E-state index contributed by atoms with van der Waals surface area (Å²) in [6, 6.07) is 20.3. The summed E-state index contributed by atoms with van der Waals surface area (Å²) in [5.74, 6) is -0.0372. The van der Waals surface area contributed by atoms with E-state index in [1.54, 1.807) is 6.92 Å². The summed E-state index contributed by atoms with van der Waals surface area (Å²) < 4.78 is 42.2. The van der Waals surface area contributed by atoms with Gasteiger partial charge in [-0.25, -0.2) is 0 Å². The van der Waals surface area contributed by atoms with Crippen LogP contribution in [-0.2, 0) is 37.6 Å². The van der Waals surface area contributed by atoms with Crippen LogP contribution >= 0.6 is 11.8 Å². The molecule has 2 aliphatic rings. The van der Waals surface area contributed by atoms with Gasteiger partial charge in [0.2, 0.25) is 0 Å². The topological polar surface area (TPSA) is 89.9 Å². The smallest absolute Gasteiger partial charge is 0.265 e. The van der Waals surface area contributed by atoms with Crippen LogP contribution in [0, 0.1) is 5.92 Å². The molecule has 0 amide bonds. The maximum absolute atomic E-state index is 11.0. The van der Waals surface area contributed by atoms with Crippen LogP contribution in [0.4, 0.5) is 0 Å². The third kappa shape index (κ3) is 12.6. The zero-order chi connectivity index (χ0) is 26.5. The van der Waals surface area contributed by atoms with Gasteiger partial charge in [-0.1, -0.05) is 72.4 Å². The van der Waals surface area contributed by atoms with Gasteiger partial charge >= 0.3 is 0 Å². The lowest BCUT2D eigenvalue weighted by molar-refractivity contribution is -0.109. The second kappa shape index (κ2) is 15.6. The highest BCUT2D eigenvalue weighted by Crippen LogP contribution is 2.31. The molecule has 2 aromatic rings. The Kier molecular flexibility index (Phi) is 12.6. The van der Waals surface area contributed by atoms with Gasteiger partial charge in [0.05, 0.1) is 31.2 Å². The van der Waals surface area contributed by atoms with Gasteiger partial charge < -0.3 is 9.47 Å². The summed E-state index contributed by atoms with van der Waals surface area (Å²) in [7, 11) is -3.84. The van der Waals surface area contributed by atoms with E-state index in [0.717, 1.165) is 56.9 Å². The lowest BCUT2D eigenvalue weighted by Crippen LogP contribution is -2.25. The molecule has 4 rings (SSSR count). The Morgan fingerprint density at radius 1 is 0.784 bits per heavy atom. The second-order valence-corrected chi connectivity index (χ2v) is 13.0. The predicted octanol–water partition coefficient (Wildman–Crippen LogP) is 6.44. The van der Waals surface area contributed by atoms with Crippen molar-refractivity contribution < 1.29 is 27.2 Å². The Morgan fingerprint density at radius 3 is 1.62 bits per heavy atom. The van der Waals surface area contributed by atoms with E-state index in [1.165, 1.54) is 17.3 Å². The Bertz CT molecular complexity index is 1010. The first-order chi connectivity index (χ1) is 17.8. The van der Waals surface area contributed by atoms with Crippen molar-refractivity contribution in [3.8, 4) is 0 Å². The number of carbonyl (C=O) groups is 1. The highest BCUT2D eigenvalue weighted by Gasteiger charge is 2.25. The molecule has 2 aliphatic carbocycles. The third-order valence-corrected chi connectivity index (χ3v) is 8.88. The minimum atomic E-state index is -3.84. The van der Waals surface area contributed by atoms with E-state index in [4.69, 9.17) is 14.0 Å². The van der Waals surface area contributed by atoms with Gasteiger partial charge in [0.15, 0.2) is 5.12 Å². The number of carbonyl (C=O) groups excluding carboxylic acids is 1. The number of benzene rings is 2. The zero-order valence-electron chi connectivity index (χ0n) is 21.7. The molecule has 0 saturated heterocycles. The third-order valence-electron chi connectivity index (χ3n) is 6.85. The molecule has 0 unspecified atom stereocenters. The minimum absolute atomic E-state index is 0.0755. The monoisotopic (exact) mass is 548 g/mol. The highest BCUT2D eigenvalue weighted by atomic mass is 32.2. The first-order valence-corrected chi connectivity index (χ1v) is 15.7. The average Bonchev–Trinajstić information content (AvgIpc) is 2.88. The lowest BCUT2D eigenvalue weighted by Gasteiger charge is -2.27. The van der Waals surface area contributed by atoms with Crippen LogP contribution in [0.15, 0.2) is 60.7 Å². The fraction of sp³-hybridized carbons (Fsp3) is 0.552. The van der Waals surface area contributed by atoms with Crippen LogP contribution in [0.2, 0.25) is 0 Å². The molecule has 0 aromatic heterocycles. The fourth-order valence-electron chi connectivity index (χ4n) is 4.89. The van der Waals surface area contributed by atoms with Crippen molar-refractivity contribution >= 4 is 27.0 Å². The van der Waals surface area contributed by atoms with Gasteiger partial charge in [-0.2, -0.15) is 8.42 Å². The molecule has 2 aromatic carbocycles. The molecule has 2 saturated carbocycles. The molecule has 0 radical (unpaired) electrons. The number of hydrogen-bond acceptors (Lipinski definition) is 6. The van der Waals surface area contributed by atoms with Crippen molar-refractivity contribution in [1.82, 2.24) is 0 Å². The standard InChI is InChI=1S/C15H20O2S.C14H20O4S/c1-12(16)18-15-9-7-14(8-10-15)17-11-13-5-3-2-4-6-13;15-19(16,17)11-13-6-8-14(9-7-13)18-10-12-4-2-1-3-5-12/h2-6,14-15H,7-11H2,1H3;1-5,13-14H,6-11H2,(H,15,16,17). The van der Waals surface area contributed by atoms with Gasteiger partial charge in [-0.3, -0.25) is 9.35 Å². The fourth-order valence-corrected chi connectivity index (χ4v) is 6.80. The predicted molar refractivity (Wildman–Crippen MR) is 149 cm³/mol. The summed E-state index contributed by atoms with van der Waals surface area (Å²) in [6.45, 7) is 2.97. The molecule has 0 spiro atoms. The van der Waals surface area contributed by atoms with E-state index in [9.17, 15) is 13.2 Å². The highest BCUT2D eigenvalue weighted by molar-refractivity contribution is 8.14. The molecule has 6 nitrogen and oxygen atoms in total. The number of hydrogen-bond donors (Lipinski definition) is 1. The molecule has 1 N–H and O–H groups in total. The van der Waals surface area contributed by atoms with Crippen LogP contribution in [-0.4, -0.2) is 41.3 Å². The number of ether oxygens (including phenoxy) is 2. The quantitative estimate of drug-likeness (QED) is 0.361. The molecule has 0 heterocycles. The lowest BCUT2D eigenvalue weighted by atomic mass is 9.89. The van der Waals surface area contributed by atoms with E-state index in [1.807, 2.05) is 48.5 Å². The number of rotatable bonds is 9. The molecular formula is C29H40O6S2. The Balaban J connectivity index is 0.000000206. The molecule has 8 heteroatoms. The zero-order valence-corrected chi connectivity index (χ0v) is 23.3. The van der Waals surface area contributed by atoms with Crippen LogP contribution in [0.5, 0.6) is 0 Å². The van der Waals surface area contributed by atoms with Crippen molar-refractivity contribution in [2.45, 2.75) is 89.0 Å². The molecule has 37 heavy (non-hydrogen) atoms. The normalized spacial score (nSPS) is 24.1. The van der Waals surface area contributed by atoms with E-state index in [2.05, 4.69) is 12.1 Å². The summed E-state index contributed by atoms with van der Waals surface area (Å²) in [5.41, 5.74) is 2.39. The van der Waals surface area contributed by atoms with E-state index >= 15 is 0 Å². The first-order valence-electron chi connectivity index (χ1n) is 13.2. The summed E-state index contributed by atoms with van der Waals surface area (Å²) >= 11 is 1.50. The Morgan fingerprint density at radius 2 is 1.22 bits per heavy atom. The summed E-state index contributed by atoms with van der Waals surface area (Å²) in [5, 5.41) is 0.753. The average molecular weight is 549 g/mol. The Labute approximate surface area is 226 Å². The van der Waals surface area contributed by atoms with Gasteiger partial charge in [0.1, 0.15) is 0 Å². The first kappa shape index (κ1) is 29.8. The maximum Gasteiger partial charge on any atom is 0.265 e. The van der Waals surface area contributed by atoms with Crippen LogP contribution < -0.4 is 0 Å². The van der Waals surface area contributed by atoms with Gasteiger partial charge in [-0.05, 0) is 68.4 Å². The van der Waals surface area contributed by atoms with Crippen molar-refractivity contribution in [3.63, 3.8) is 0 Å². The summed E-state index contributed by atoms with van der Waals surface area (Å²) in [4.78, 5) is 11.0. The minimum Gasteiger partial charge on any atom is -0.374 e. The van der Waals surface area contributed by atoms with Crippen molar-refractivity contribution in [1.29, 1.82) is 0 Å². The van der Waals surface area contributed by atoms with Crippen molar-refractivity contribution in [3.05, 3.63) is 71.8 Å². The molecular weight excluding hydrogens is 508 g/mol. The van der Waals surface area contributed by atoms with Crippen LogP contribution in [0.25, 0.3) is 0 Å². The largest absolute Gasteiger partial charge is 0.374 e. The van der Waals surface area contributed by atoms with Crippen molar-refractivity contribution in [2.75, 3.05) is 5.75 Å². The second-order valence-electron chi connectivity index (χ2n) is 9.99. The molecule has 0 atom stereocenters. The molecule has 204 valence electrons. The number of thioether (sulfide) groups is 1. The Hall–Kier alpha value is -1.71. The van der Waals surface area contributed by atoms with E-state index in [-0.39, 0.29) is 22.9 Å². The van der Waals surface area contributed by atoms with Gasteiger partial charge in [0, 0.05) is 12.2 Å². The maximum atomic E-state index is 11.0. The van der Waals surface area contributed by atoms with Gasteiger partial charge in [-0.15, -0.1) is 0 Å². The van der Waals surface area contributed by atoms with Crippen LogP contribution in [0.3, 0.4) is 0 Å². The SMILES string of the molecule is CC(=O)SC1CCC(OCc2ccccc2)CC1.O=S(=O)(O)CC1CCC(OCc2ccccc2)CC1. The van der Waals surface area contributed by atoms with Gasteiger partial charge in [0.25, 0.3) is 10.1 Å². The van der Waals surface area contributed by atoms with E-state index < -0.39 is 10.1 Å².